The van der Waals surface area contributed by atoms with Gasteiger partial charge in [-0.25, -0.2) is 4.79 Å². The largest absolute Gasteiger partial charge is 0.453 e. The number of methoxy groups -OCH3 is 1. The Hall–Kier alpha value is -3.75. The molecule has 4 heterocycles. The number of pyridine rings is 1. The van der Waals surface area contributed by atoms with Crippen molar-refractivity contribution in [1.29, 1.82) is 0 Å². The zero-order chi connectivity index (χ0) is 23.0. The molecule has 0 unspecified atom stereocenters. The number of carbonyl (C=O) groups is 2. The molecule has 2 amide bonds. The highest BCUT2D eigenvalue weighted by Crippen LogP contribution is 2.39. The predicted molar refractivity (Wildman–Crippen MR) is 120 cm³/mol. The summed E-state index contributed by atoms with van der Waals surface area (Å²) in [6, 6.07) is 11.5. The number of aromatic nitrogens is 4. The van der Waals surface area contributed by atoms with Crippen LogP contribution in [0.25, 0.3) is 11.4 Å². The molecule has 2 aliphatic rings. The number of carbonyl (C=O) groups excluding carboxylic acids is 2. The van der Waals surface area contributed by atoms with E-state index in [0.717, 1.165) is 22.5 Å². The third kappa shape index (κ3) is 3.63. The molecule has 33 heavy (non-hydrogen) atoms. The van der Waals surface area contributed by atoms with E-state index in [1.165, 1.54) is 7.11 Å². The van der Waals surface area contributed by atoms with Crippen LogP contribution in [0.2, 0.25) is 0 Å². The molecule has 0 N–H and O–H groups in total. The van der Waals surface area contributed by atoms with Gasteiger partial charge in [-0.2, -0.15) is 0 Å². The lowest BCUT2D eigenvalue weighted by Crippen LogP contribution is -2.57. The standard InChI is InChI=1S/C24H26N6O3/c1-17-6-3-4-8-19(17)22(31)28-12-9-24(10-13-28)16-29(23(32)33-2)15-20-26-27-21(30(20)24)18-7-5-11-25-14-18/h3-8,11,14H,9-10,12-13,15-16H2,1-2H3. The summed E-state index contributed by atoms with van der Waals surface area (Å²) < 4.78 is 7.18. The molecule has 0 saturated carbocycles. The van der Waals surface area contributed by atoms with Crippen LogP contribution in [0, 0.1) is 6.92 Å². The number of likely N-dealkylation sites (tertiary alicyclic amines) is 1. The second-order valence-corrected chi connectivity index (χ2v) is 8.67. The summed E-state index contributed by atoms with van der Waals surface area (Å²) in [7, 11) is 1.39. The Morgan fingerprint density at radius 1 is 1.03 bits per heavy atom. The van der Waals surface area contributed by atoms with Gasteiger partial charge >= 0.3 is 6.09 Å². The van der Waals surface area contributed by atoms with Crippen molar-refractivity contribution in [3.05, 3.63) is 65.7 Å². The van der Waals surface area contributed by atoms with Crippen molar-refractivity contribution in [2.45, 2.75) is 31.8 Å². The summed E-state index contributed by atoms with van der Waals surface area (Å²) in [5, 5.41) is 8.88. The van der Waals surface area contributed by atoms with Crippen molar-refractivity contribution < 1.29 is 14.3 Å². The molecule has 0 bridgehead atoms. The van der Waals surface area contributed by atoms with Gasteiger partial charge in [0.15, 0.2) is 11.6 Å². The van der Waals surface area contributed by atoms with E-state index in [4.69, 9.17) is 4.74 Å². The quantitative estimate of drug-likeness (QED) is 0.601. The normalized spacial score (nSPS) is 17.0. The molecule has 5 rings (SSSR count). The first-order valence-electron chi connectivity index (χ1n) is 11.1. The van der Waals surface area contributed by atoms with Gasteiger partial charge in [-0.15, -0.1) is 10.2 Å². The van der Waals surface area contributed by atoms with E-state index in [1.54, 1.807) is 17.3 Å². The number of aryl methyl sites for hydroxylation is 1. The molecular weight excluding hydrogens is 420 g/mol. The van der Waals surface area contributed by atoms with Crippen LogP contribution in [0.15, 0.2) is 48.8 Å². The lowest BCUT2D eigenvalue weighted by atomic mass is 9.84. The molecule has 0 radical (unpaired) electrons. The topological polar surface area (TPSA) is 93.5 Å². The molecule has 170 valence electrons. The van der Waals surface area contributed by atoms with Crippen LogP contribution in [-0.2, 0) is 16.8 Å². The van der Waals surface area contributed by atoms with Crippen LogP contribution in [0.3, 0.4) is 0 Å². The van der Waals surface area contributed by atoms with E-state index < -0.39 is 5.54 Å². The molecule has 1 aromatic carbocycles. The zero-order valence-corrected chi connectivity index (χ0v) is 18.8. The Kier molecular flexibility index (Phi) is 5.32. The molecule has 0 aliphatic carbocycles. The average molecular weight is 447 g/mol. The number of amides is 2. The van der Waals surface area contributed by atoms with Gasteiger partial charge in [0.25, 0.3) is 5.91 Å². The van der Waals surface area contributed by atoms with E-state index >= 15 is 0 Å². The maximum Gasteiger partial charge on any atom is 0.409 e. The Bertz CT molecular complexity index is 1180. The molecule has 2 aliphatic heterocycles. The Labute approximate surface area is 192 Å². The summed E-state index contributed by atoms with van der Waals surface area (Å²) >= 11 is 0. The molecule has 3 aromatic rings. The monoisotopic (exact) mass is 446 g/mol. The lowest BCUT2D eigenvalue weighted by Gasteiger charge is -2.48. The van der Waals surface area contributed by atoms with Gasteiger partial charge in [0.2, 0.25) is 0 Å². The summed E-state index contributed by atoms with van der Waals surface area (Å²) in [6.45, 7) is 3.91. The highest BCUT2D eigenvalue weighted by Gasteiger charge is 2.46. The van der Waals surface area contributed by atoms with E-state index in [9.17, 15) is 9.59 Å². The van der Waals surface area contributed by atoms with Crippen molar-refractivity contribution in [3.63, 3.8) is 0 Å². The molecule has 2 aromatic heterocycles. The molecule has 1 saturated heterocycles. The Balaban J connectivity index is 1.48. The van der Waals surface area contributed by atoms with Crippen LogP contribution in [0.1, 0.15) is 34.6 Å². The smallest absolute Gasteiger partial charge is 0.409 e. The van der Waals surface area contributed by atoms with E-state index in [-0.39, 0.29) is 12.0 Å². The van der Waals surface area contributed by atoms with Gasteiger partial charge in [-0.05, 0) is 43.5 Å². The maximum absolute atomic E-state index is 13.2. The summed E-state index contributed by atoms with van der Waals surface area (Å²) in [5.41, 5.74) is 2.14. The van der Waals surface area contributed by atoms with E-state index in [2.05, 4.69) is 19.7 Å². The van der Waals surface area contributed by atoms with Crippen LogP contribution >= 0.6 is 0 Å². The minimum absolute atomic E-state index is 0.0417. The lowest BCUT2D eigenvalue weighted by molar-refractivity contribution is 0.0316. The molecule has 9 heteroatoms. The molecule has 1 spiro atoms. The fraction of sp³-hybridized carbons (Fsp3) is 0.375. The van der Waals surface area contributed by atoms with Crippen molar-refractivity contribution in [1.82, 2.24) is 29.5 Å². The van der Waals surface area contributed by atoms with Gasteiger partial charge in [0.1, 0.15) is 0 Å². The number of hydrogen-bond acceptors (Lipinski definition) is 6. The van der Waals surface area contributed by atoms with Crippen molar-refractivity contribution in [3.8, 4) is 11.4 Å². The SMILES string of the molecule is COC(=O)N1Cc2nnc(-c3cccnc3)n2C2(CCN(C(=O)c3ccccc3C)CC2)C1. The third-order valence-corrected chi connectivity index (χ3v) is 6.73. The summed E-state index contributed by atoms with van der Waals surface area (Å²) in [4.78, 5) is 33.5. The molecule has 0 atom stereocenters. The van der Waals surface area contributed by atoms with Gasteiger partial charge in [-0.3, -0.25) is 14.7 Å². The third-order valence-electron chi connectivity index (χ3n) is 6.73. The van der Waals surface area contributed by atoms with Crippen LogP contribution in [-0.4, -0.2) is 68.3 Å². The number of piperidine rings is 1. The number of hydrogen-bond donors (Lipinski definition) is 0. The first kappa shape index (κ1) is 21.1. The van der Waals surface area contributed by atoms with Gasteiger partial charge < -0.3 is 14.2 Å². The number of fused-ring (bicyclic) bond motifs is 2. The van der Waals surface area contributed by atoms with Crippen LogP contribution in [0.4, 0.5) is 4.79 Å². The van der Waals surface area contributed by atoms with Crippen molar-refractivity contribution >= 4 is 12.0 Å². The number of benzene rings is 1. The van der Waals surface area contributed by atoms with Crippen LogP contribution < -0.4 is 0 Å². The second kappa shape index (κ2) is 8.31. The molecule has 1 fully saturated rings. The minimum Gasteiger partial charge on any atom is -0.453 e. The van der Waals surface area contributed by atoms with Gasteiger partial charge in [0.05, 0.1) is 19.2 Å². The Morgan fingerprint density at radius 3 is 2.52 bits per heavy atom. The Morgan fingerprint density at radius 2 is 1.82 bits per heavy atom. The number of ether oxygens (including phenoxy) is 1. The van der Waals surface area contributed by atoms with E-state index in [1.807, 2.05) is 48.2 Å². The minimum atomic E-state index is -0.432. The fourth-order valence-corrected chi connectivity index (χ4v) is 5.00. The van der Waals surface area contributed by atoms with Crippen molar-refractivity contribution in [2.75, 3.05) is 26.7 Å². The average Bonchev–Trinajstić information content (AvgIpc) is 3.30. The summed E-state index contributed by atoms with van der Waals surface area (Å²) in [6.07, 6.45) is 4.47. The zero-order valence-electron chi connectivity index (χ0n) is 18.8. The fourth-order valence-electron chi connectivity index (χ4n) is 5.00. The molecule has 9 nitrogen and oxygen atoms in total. The number of rotatable bonds is 2. The maximum atomic E-state index is 13.2. The summed E-state index contributed by atoms with van der Waals surface area (Å²) in [5.74, 6) is 1.49. The molecular formula is C24H26N6O3. The number of nitrogens with zero attached hydrogens (tertiary/aromatic N) is 6. The van der Waals surface area contributed by atoms with Crippen LogP contribution in [0.5, 0.6) is 0 Å². The highest BCUT2D eigenvalue weighted by atomic mass is 16.5. The first-order chi connectivity index (χ1) is 16.0. The van der Waals surface area contributed by atoms with Gasteiger partial charge in [0, 0.05) is 43.2 Å². The predicted octanol–water partition coefficient (Wildman–Crippen LogP) is 2.86. The van der Waals surface area contributed by atoms with Gasteiger partial charge in [-0.1, -0.05) is 18.2 Å². The highest BCUT2D eigenvalue weighted by molar-refractivity contribution is 5.95. The van der Waals surface area contributed by atoms with E-state index in [0.29, 0.717) is 44.8 Å². The second-order valence-electron chi connectivity index (χ2n) is 8.67. The first-order valence-corrected chi connectivity index (χ1v) is 11.1. The van der Waals surface area contributed by atoms with Crippen molar-refractivity contribution in [2.24, 2.45) is 0 Å².